The first-order chi connectivity index (χ1) is 12.6. The lowest BCUT2D eigenvalue weighted by Gasteiger charge is -2.15. The molecule has 0 saturated heterocycles. The van der Waals surface area contributed by atoms with E-state index in [1.807, 2.05) is 18.2 Å². The van der Waals surface area contributed by atoms with Crippen LogP contribution in [0.2, 0.25) is 0 Å². The predicted molar refractivity (Wildman–Crippen MR) is 101 cm³/mol. The molecule has 128 valence electrons. The summed E-state index contributed by atoms with van der Waals surface area (Å²) in [4.78, 5) is 34.7. The van der Waals surface area contributed by atoms with Crippen LogP contribution in [-0.2, 0) is 0 Å². The van der Waals surface area contributed by atoms with Gasteiger partial charge in [0.1, 0.15) is 16.5 Å². The van der Waals surface area contributed by atoms with E-state index in [-0.39, 0.29) is 17.2 Å². The molecule has 0 bridgehead atoms. The first-order valence-corrected chi connectivity index (χ1v) is 8.64. The Labute approximate surface area is 152 Å². The van der Waals surface area contributed by atoms with Crippen LogP contribution in [0.5, 0.6) is 0 Å². The minimum atomic E-state index is -0.306. The average molecular weight is 363 g/mol. The normalized spacial score (nSPS) is 10.8. The molecule has 7 heteroatoms. The lowest BCUT2D eigenvalue weighted by atomic mass is 10.3. The van der Waals surface area contributed by atoms with Crippen LogP contribution in [0.4, 0.5) is 5.82 Å². The number of hydrogen-bond donors (Lipinski definition) is 0. The monoisotopic (exact) mass is 363 g/mol. The van der Waals surface area contributed by atoms with Gasteiger partial charge in [-0.05, 0) is 36.4 Å². The minimum Gasteiger partial charge on any atom is -0.459 e. The molecule has 0 unspecified atom stereocenters. The summed E-state index contributed by atoms with van der Waals surface area (Å²) < 4.78 is 5.99. The van der Waals surface area contributed by atoms with Crippen LogP contribution in [0, 0.1) is 0 Å². The fraction of sp³-hybridized carbons (Fsp3) is 0.0526. The number of aromatic nitrogens is 2. The molecule has 0 aliphatic carbocycles. The summed E-state index contributed by atoms with van der Waals surface area (Å²) in [6.45, 7) is 0. The Morgan fingerprint density at radius 1 is 1.04 bits per heavy atom. The van der Waals surface area contributed by atoms with Crippen LogP contribution in [0.25, 0.3) is 20.8 Å². The highest BCUT2D eigenvalue weighted by molar-refractivity contribution is 7.21. The van der Waals surface area contributed by atoms with Crippen molar-refractivity contribution in [1.29, 1.82) is 0 Å². The van der Waals surface area contributed by atoms with Crippen LogP contribution in [-0.4, -0.2) is 22.9 Å². The Morgan fingerprint density at radius 3 is 2.69 bits per heavy atom. The van der Waals surface area contributed by atoms with E-state index >= 15 is 0 Å². The maximum Gasteiger partial charge on any atom is 0.294 e. The number of carbonyl (C=O) groups excluding carboxylic acids is 1. The molecular weight excluding hydrogens is 350 g/mol. The van der Waals surface area contributed by atoms with Gasteiger partial charge in [-0.2, -0.15) is 4.98 Å². The van der Waals surface area contributed by atoms with E-state index < -0.39 is 0 Å². The summed E-state index contributed by atoms with van der Waals surface area (Å²) in [6.07, 6.45) is 1.45. The topological polar surface area (TPSA) is 76.3 Å². The number of hydrogen-bond acceptors (Lipinski definition) is 6. The zero-order valence-electron chi connectivity index (χ0n) is 13.7. The fourth-order valence-corrected chi connectivity index (χ4v) is 3.49. The summed E-state index contributed by atoms with van der Waals surface area (Å²) in [5.41, 5.74) is 0.246. The number of carbonyl (C=O) groups is 1. The van der Waals surface area contributed by atoms with Crippen molar-refractivity contribution in [2.24, 2.45) is 0 Å². The van der Waals surface area contributed by atoms with Gasteiger partial charge in [-0.15, -0.1) is 11.3 Å². The molecule has 0 fully saturated rings. The Kier molecular flexibility index (Phi) is 4.06. The number of fused-ring (bicyclic) bond motifs is 1. The second kappa shape index (κ2) is 6.53. The number of pyridine rings is 1. The molecule has 26 heavy (non-hydrogen) atoms. The van der Waals surface area contributed by atoms with Gasteiger partial charge in [0.2, 0.25) is 0 Å². The van der Waals surface area contributed by atoms with Gasteiger partial charge in [0.05, 0.1) is 11.6 Å². The SMILES string of the molecule is CN(C(=O)c1ccco1)c1cccc(-c2nc(=O)c3ccccc3s2)n1. The molecular formula is C19H13N3O3S. The number of furan rings is 1. The second-order valence-electron chi connectivity index (χ2n) is 5.54. The quantitative estimate of drug-likeness (QED) is 0.556. The Balaban J connectivity index is 1.74. The molecule has 0 saturated carbocycles. The van der Waals surface area contributed by atoms with E-state index in [1.54, 1.807) is 43.4 Å². The molecule has 4 rings (SSSR count). The number of amides is 1. The smallest absolute Gasteiger partial charge is 0.294 e. The van der Waals surface area contributed by atoms with E-state index in [2.05, 4.69) is 9.97 Å². The first kappa shape index (κ1) is 16.2. The summed E-state index contributed by atoms with van der Waals surface area (Å²) in [5.74, 6) is 0.367. The largest absolute Gasteiger partial charge is 0.459 e. The highest BCUT2D eigenvalue weighted by Crippen LogP contribution is 2.26. The molecule has 0 radical (unpaired) electrons. The first-order valence-electron chi connectivity index (χ1n) is 7.82. The van der Waals surface area contributed by atoms with Gasteiger partial charge >= 0.3 is 0 Å². The zero-order valence-corrected chi connectivity index (χ0v) is 14.6. The third kappa shape index (κ3) is 2.89. The lowest BCUT2D eigenvalue weighted by Crippen LogP contribution is -2.26. The molecule has 0 N–H and O–H groups in total. The van der Waals surface area contributed by atoms with Crippen LogP contribution >= 0.6 is 11.3 Å². The number of nitrogens with zero attached hydrogens (tertiary/aromatic N) is 3. The van der Waals surface area contributed by atoms with Crippen molar-refractivity contribution in [1.82, 2.24) is 9.97 Å². The van der Waals surface area contributed by atoms with Crippen molar-refractivity contribution >= 4 is 33.1 Å². The number of benzene rings is 1. The third-order valence-electron chi connectivity index (χ3n) is 3.86. The van der Waals surface area contributed by atoms with Gasteiger partial charge in [-0.3, -0.25) is 14.5 Å². The van der Waals surface area contributed by atoms with Gasteiger partial charge in [-0.25, -0.2) is 4.98 Å². The second-order valence-corrected chi connectivity index (χ2v) is 6.57. The van der Waals surface area contributed by atoms with Gasteiger partial charge < -0.3 is 4.42 Å². The number of anilines is 1. The van der Waals surface area contributed by atoms with Gasteiger partial charge in [-0.1, -0.05) is 18.2 Å². The summed E-state index contributed by atoms with van der Waals surface area (Å²) in [6, 6.07) is 15.8. The zero-order chi connectivity index (χ0) is 18.1. The summed E-state index contributed by atoms with van der Waals surface area (Å²) in [5, 5.41) is 1.09. The van der Waals surface area contributed by atoms with Crippen molar-refractivity contribution < 1.29 is 9.21 Å². The molecule has 0 atom stereocenters. The summed E-state index contributed by atoms with van der Waals surface area (Å²) in [7, 11) is 1.62. The van der Waals surface area contributed by atoms with Crippen molar-refractivity contribution in [3.8, 4) is 10.7 Å². The van der Waals surface area contributed by atoms with E-state index in [0.29, 0.717) is 21.9 Å². The number of rotatable bonds is 3. The van der Waals surface area contributed by atoms with Crippen LogP contribution < -0.4 is 10.5 Å². The molecule has 4 aromatic rings. The Hall–Kier alpha value is -3.32. The molecule has 1 aromatic carbocycles. The fourth-order valence-electron chi connectivity index (χ4n) is 2.52. The van der Waals surface area contributed by atoms with Crippen LogP contribution in [0.15, 0.2) is 70.1 Å². The van der Waals surface area contributed by atoms with Crippen molar-refractivity contribution in [3.63, 3.8) is 0 Å². The standard InChI is InChI=1S/C19H13N3O3S/c1-22(19(24)14-8-5-11-25-14)16-10-4-7-13(20-16)18-21-17(23)12-6-2-3-9-15(12)26-18/h2-11H,1H3. The molecule has 1 amide bonds. The van der Waals surface area contributed by atoms with Crippen LogP contribution in [0.1, 0.15) is 10.6 Å². The average Bonchev–Trinajstić information content (AvgIpc) is 3.22. The van der Waals surface area contributed by atoms with Gasteiger partial charge in [0.25, 0.3) is 11.5 Å². The Bertz CT molecular complexity index is 1150. The molecule has 3 heterocycles. The van der Waals surface area contributed by atoms with E-state index in [9.17, 15) is 9.59 Å². The van der Waals surface area contributed by atoms with Crippen LogP contribution in [0.3, 0.4) is 0 Å². The summed E-state index contributed by atoms with van der Waals surface area (Å²) >= 11 is 1.39. The maximum atomic E-state index is 12.4. The highest BCUT2D eigenvalue weighted by Gasteiger charge is 2.18. The highest BCUT2D eigenvalue weighted by atomic mass is 32.1. The molecule has 0 aliphatic heterocycles. The van der Waals surface area contributed by atoms with Crippen molar-refractivity contribution in [3.05, 3.63) is 77.0 Å². The molecule has 0 spiro atoms. The van der Waals surface area contributed by atoms with E-state index in [0.717, 1.165) is 4.70 Å². The maximum absolute atomic E-state index is 12.4. The van der Waals surface area contributed by atoms with Crippen molar-refractivity contribution in [2.45, 2.75) is 0 Å². The molecule has 3 aromatic heterocycles. The van der Waals surface area contributed by atoms with E-state index in [1.165, 1.54) is 22.5 Å². The Morgan fingerprint density at radius 2 is 1.88 bits per heavy atom. The predicted octanol–water partition coefficient (Wildman–Crippen LogP) is 3.59. The molecule has 6 nitrogen and oxygen atoms in total. The molecule has 0 aliphatic rings. The minimum absolute atomic E-state index is 0.230. The van der Waals surface area contributed by atoms with Crippen molar-refractivity contribution in [2.75, 3.05) is 11.9 Å². The van der Waals surface area contributed by atoms with Gasteiger partial charge in [0, 0.05) is 11.7 Å². The van der Waals surface area contributed by atoms with E-state index in [4.69, 9.17) is 4.42 Å². The lowest BCUT2D eigenvalue weighted by molar-refractivity contribution is 0.0966. The third-order valence-corrected chi connectivity index (χ3v) is 4.93. The van der Waals surface area contributed by atoms with Gasteiger partial charge in [0.15, 0.2) is 5.76 Å².